The predicted molar refractivity (Wildman–Crippen MR) is 101 cm³/mol. The second-order valence-electron chi connectivity index (χ2n) is 5.75. The Kier molecular flexibility index (Phi) is 5.48. The fraction of sp³-hybridized carbons (Fsp3) is 0.211. The van der Waals surface area contributed by atoms with E-state index in [4.69, 9.17) is 4.74 Å². The Morgan fingerprint density at radius 2 is 2.00 bits per heavy atom. The third-order valence-electron chi connectivity index (χ3n) is 3.93. The minimum Gasteiger partial charge on any atom is -0.491 e. The number of benzene rings is 1. The van der Waals surface area contributed by atoms with Gasteiger partial charge < -0.3 is 14.2 Å². The van der Waals surface area contributed by atoms with E-state index in [-0.39, 0.29) is 23.8 Å². The molecule has 0 saturated heterocycles. The maximum atomic E-state index is 12.4. The molecular formula is C19H19N3O3S. The number of methoxy groups -OCH3 is 1. The van der Waals surface area contributed by atoms with E-state index in [0.29, 0.717) is 6.54 Å². The summed E-state index contributed by atoms with van der Waals surface area (Å²) in [6.45, 7) is 0.360. The van der Waals surface area contributed by atoms with Crippen LogP contribution >= 0.6 is 11.3 Å². The Balaban J connectivity index is 1.67. The first-order chi connectivity index (χ1) is 12.6. The number of pyridine rings is 1. The van der Waals surface area contributed by atoms with Crippen LogP contribution in [0.4, 0.5) is 0 Å². The van der Waals surface area contributed by atoms with Crippen molar-refractivity contribution in [3.05, 3.63) is 69.4 Å². The Labute approximate surface area is 155 Å². The molecule has 0 atom stereocenters. The van der Waals surface area contributed by atoms with Gasteiger partial charge in [-0.25, -0.2) is 4.98 Å². The molecule has 3 aromatic rings. The fourth-order valence-electron chi connectivity index (χ4n) is 2.48. The first kappa shape index (κ1) is 17.9. The highest BCUT2D eigenvalue weighted by Gasteiger charge is 2.14. The van der Waals surface area contributed by atoms with Crippen molar-refractivity contribution in [2.24, 2.45) is 0 Å². The van der Waals surface area contributed by atoms with Crippen molar-refractivity contribution in [3.63, 3.8) is 0 Å². The molecule has 0 saturated carbocycles. The lowest BCUT2D eigenvalue weighted by atomic mass is 10.2. The van der Waals surface area contributed by atoms with Crippen LogP contribution in [0.2, 0.25) is 0 Å². The molecule has 2 aromatic heterocycles. The van der Waals surface area contributed by atoms with E-state index in [1.807, 2.05) is 35.7 Å². The monoisotopic (exact) mass is 369 g/mol. The number of carbonyl (C=O) groups is 1. The van der Waals surface area contributed by atoms with Gasteiger partial charge in [-0.15, -0.1) is 11.3 Å². The van der Waals surface area contributed by atoms with Crippen molar-refractivity contribution in [3.8, 4) is 17.0 Å². The maximum Gasteiger partial charge on any atom is 0.293 e. The fourth-order valence-corrected chi connectivity index (χ4v) is 3.33. The average molecular weight is 369 g/mol. The summed E-state index contributed by atoms with van der Waals surface area (Å²) in [5.74, 6) is 0.0483. The van der Waals surface area contributed by atoms with E-state index in [1.54, 1.807) is 30.3 Å². The van der Waals surface area contributed by atoms with Gasteiger partial charge in [-0.05, 0) is 12.1 Å². The van der Waals surface area contributed by atoms with E-state index in [0.717, 1.165) is 16.3 Å². The number of likely N-dealkylation sites (N-methyl/N-ethyl adjacent to an activating group) is 1. The highest BCUT2D eigenvalue weighted by molar-refractivity contribution is 7.09. The van der Waals surface area contributed by atoms with Gasteiger partial charge in [0, 0.05) is 24.2 Å². The molecule has 7 heteroatoms. The Morgan fingerprint density at radius 3 is 2.73 bits per heavy atom. The summed E-state index contributed by atoms with van der Waals surface area (Å²) >= 11 is 1.51. The summed E-state index contributed by atoms with van der Waals surface area (Å²) in [5, 5.41) is 2.83. The van der Waals surface area contributed by atoms with Crippen molar-refractivity contribution >= 4 is 17.2 Å². The molecule has 0 bridgehead atoms. The predicted octanol–water partition coefficient (Wildman–Crippen LogP) is 2.64. The molecule has 0 radical (unpaired) electrons. The number of rotatable bonds is 6. The van der Waals surface area contributed by atoms with Crippen LogP contribution < -0.4 is 10.3 Å². The van der Waals surface area contributed by atoms with Gasteiger partial charge in [0.1, 0.15) is 11.6 Å². The molecule has 0 unspecified atom stereocenters. The molecule has 1 amide bonds. The molecule has 3 rings (SSSR count). The first-order valence-corrected chi connectivity index (χ1v) is 8.93. The molecule has 0 spiro atoms. The van der Waals surface area contributed by atoms with Crippen LogP contribution in [0.3, 0.4) is 0 Å². The number of ether oxygens (including phenoxy) is 1. The average Bonchev–Trinajstić information content (AvgIpc) is 3.12. The molecule has 0 N–H and O–H groups in total. The third kappa shape index (κ3) is 4.00. The highest BCUT2D eigenvalue weighted by Crippen LogP contribution is 2.22. The van der Waals surface area contributed by atoms with Gasteiger partial charge in [-0.3, -0.25) is 9.59 Å². The van der Waals surface area contributed by atoms with Gasteiger partial charge in [0.05, 0.1) is 19.3 Å². The number of thiazole rings is 1. The number of amides is 1. The molecule has 0 fully saturated rings. The smallest absolute Gasteiger partial charge is 0.293 e. The van der Waals surface area contributed by atoms with Gasteiger partial charge in [-0.2, -0.15) is 0 Å². The lowest BCUT2D eigenvalue weighted by Crippen LogP contribution is -2.33. The quantitative estimate of drug-likeness (QED) is 0.670. The van der Waals surface area contributed by atoms with Gasteiger partial charge >= 0.3 is 0 Å². The largest absolute Gasteiger partial charge is 0.491 e. The van der Waals surface area contributed by atoms with Crippen LogP contribution in [-0.2, 0) is 17.9 Å². The molecule has 2 heterocycles. The van der Waals surface area contributed by atoms with Gasteiger partial charge in [0.15, 0.2) is 5.75 Å². The summed E-state index contributed by atoms with van der Waals surface area (Å²) in [7, 11) is 3.14. The van der Waals surface area contributed by atoms with E-state index < -0.39 is 0 Å². The first-order valence-electron chi connectivity index (χ1n) is 8.05. The van der Waals surface area contributed by atoms with Gasteiger partial charge in [0.25, 0.3) is 5.56 Å². The lowest BCUT2D eigenvalue weighted by Gasteiger charge is -2.16. The van der Waals surface area contributed by atoms with Crippen molar-refractivity contribution in [1.82, 2.24) is 14.5 Å². The van der Waals surface area contributed by atoms with E-state index in [1.165, 1.54) is 23.0 Å². The minimum atomic E-state index is -0.322. The molecule has 0 aliphatic rings. The molecule has 0 aliphatic carbocycles. The van der Waals surface area contributed by atoms with Crippen LogP contribution in [0.5, 0.6) is 5.75 Å². The van der Waals surface area contributed by atoms with E-state index in [2.05, 4.69) is 4.98 Å². The van der Waals surface area contributed by atoms with Crippen LogP contribution in [0.15, 0.2) is 58.8 Å². The molecule has 26 heavy (non-hydrogen) atoms. The van der Waals surface area contributed by atoms with Gasteiger partial charge in [-0.1, -0.05) is 30.3 Å². The van der Waals surface area contributed by atoms with Crippen molar-refractivity contribution < 1.29 is 9.53 Å². The van der Waals surface area contributed by atoms with Crippen molar-refractivity contribution in [1.29, 1.82) is 0 Å². The second-order valence-corrected chi connectivity index (χ2v) is 6.69. The number of aromatic nitrogens is 2. The molecule has 0 aliphatic heterocycles. The zero-order valence-electron chi connectivity index (χ0n) is 14.6. The topological polar surface area (TPSA) is 64.4 Å². The normalized spacial score (nSPS) is 10.5. The molecule has 6 nitrogen and oxygen atoms in total. The Hall–Kier alpha value is -2.93. The van der Waals surface area contributed by atoms with Crippen molar-refractivity contribution in [2.75, 3.05) is 14.2 Å². The summed E-state index contributed by atoms with van der Waals surface area (Å²) in [6, 6.07) is 13.2. The summed E-state index contributed by atoms with van der Waals surface area (Å²) in [6.07, 6.45) is 1.58. The van der Waals surface area contributed by atoms with Crippen LogP contribution in [0.25, 0.3) is 11.3 Å². The van der Waals surface area contributed by atoms with Gasteiger partial charge in [0.2, 0.25) is 5.91 Å². The van der Waals surface area contributed by atoms with Crippen LogP contribution in [0, 0.1) is 0 Å². The number of hydrogen-bond acceptors (Lipinski definition) is 5. The number of nitrogens with zero attached hydrogens (tertiary/aromatic N) is 3. The van der Waals surface area contributed by atoms with Crippen LogP contribution in [0.1, 0.15) is 5.01 Å². The van der Waals surface area contributed by atoms with E-state index in [9.17, 15) is 9.59 Å². The van der Waals surface area contributed by atoms with E-state index >= 15 is 0 Å². The third-order valence-corrected chi connectivity index (χ3v) is 4.76. The van der Waals surface area contributed by atoms with Crippen LogP contribution in [-0.4, -0.2) is 34.5 Å². The standard InChI is InChI=1S/C19H19N3O3S/c1-21(18(23)12-22-10-6-9-16(25-2)19(22)24)11-17-20-15(13-26-17)14-7-4-3-5-8-14/h3-10,13H,11-12H2,1-2H3. The summed E-state index contributed by atoms with van der Waals surface area (Å²) < 4.78 is 6.34. The second kappa shape index (κ2) is 7.97. The summed E-state index contributed by atoms with van der Waals surface area (Å²) in [5.41, 5.74) is 1.62. The Morgan fingerprint density at radius 1 is 1.23 bits per heavy atom. The molecular weight excluding hydrogens is 350 g/mol. The number of carbonyl (C=O) groups excluding carboxylic acids is 1. The zero-order chi connectivity index (χ0) is 18.5. The highest BCUT2D eigenvalue weighted by atomic mass is 32.1. The Bertz CT molecular complexity index is 950. The van der Waals surface area contributed by atoms with Crippen molar-refractivity contribution in [2.45, 2.75) is 13.1 Å². The number of hydrogen-bond donors (Lipinski definition) is 0. The SMILES string of the molecule is COc1cccn(CC(=O)N(C)Cc2nc(-c3ccccc3)cs2)c1=O. The summed E-state index contributed by atoms with van der Waals surface area (Å²) in [4.78, 5) is 30.7. The lowest BCUT2D eigenvalue weighted by molar-refractivity contribution is -0.131. The molecule has 1 aromatic carbocycles. The minimum absolute atomic E-state index is 0.0382. The molecule has 134 valence electrons. The zero-order valence-corrected chi connectivity index (χ0v) is 15.4. The maximum absolute atomic E-state index is 12.4.